The summed E-state index contributed by atoms with van der Waals surface area (Å²) in [4.78, 5) is 1.79. The summed E-state index contributed by atoms with van der Waals surface area (Å²) in [6, 6.07) is -1.03. The fourth-order valence-corrected chi connectivity index (χ4v) is 3.48. The van der Waals surface area contributed by atoms with Gasteiger partial charge in [0.1, 0.15) is 0 Å². The van der Waals surface area contributed by atoms with Gasteiger partial charge in [-0.05, 0) is 54.2 Å². The molecule has 0 radical (unpaired) electrons. The molecular formula is C19H29NO3. The molecule has 0 saturated carbocycles. The average molecular weight is 331 g/mol. The molecule has 0 aromatic heterocycles. The van der Waals surface area contributed by atoms with Crippen LogP contribution in [0.4, 0.5) is 0 Å². The molecule has 1 aromatic carbocycles. The van der Waals surface area contributed by atoms with Crippen molar-refractivity contribution in [1.29, 1.82) is 0 Å². The van der Waals surface area contributed by atoms with E-state index in [4.69, 9.17) is 24.6 Å². The van der Waals surface area contributed by atoms with Crippen molar-refractivity contribution in [2.75, 3.05) is 27.2 Å². The minimum Gasteiger partial charge on any atom is -0.493 e. The quantitative estimate of drug-likeness (QED) is 0.921. The number of piperidine rings is 1. The van der Waals surface area contributed by atoms with Gasteiger partial charge in [-0.25, -0.2) is 0 Å². The molecular weight excluding hydrogens is 290 g/mol. The number of hydrogen-bond acceptors (Lipinski definition) is 4. The molecule has 1 fully saturated rings. The number of rotatable bonds is 4. The van der Waals surface area contributed by atoms with Crippen LogP contribution >= 0.6 is 0 Å². The van der Waals surface area contributed by atoms with Gasteiger partial charge in [0.15, 0.2) is 11.5 Å². The Bertz CT molecular complexity index is 945. The smallest absolute Gasteiger partial charge is 0.161 e. The Morgan fingerprint density at radius 2 is 2.35 bits per heavy atom. The van der Waals surface area contributed by atoms with Gasteiger partial charge in [0.25, 0.3) is 0 Å². The first-order chi connectivity index (χ1) is 15.3. The summed E-state index contributed by atoms with van der Waals surface area (Å²) in [5.41, 5.74) is 0.765. The largest absolute Gasteiger partial charge is 0.493 e. The maximum Gasteiger partial charge on any atom is 0.161 e. The fraction of sp³-hybridized carbons (Fsp3) is 0.684. The highest BCUT2D eigenvalue weighted by Crippen LogP contribution is 2.43. The van der Waals surface area contributed by atoms with Crippen LogP contribution in [0.2, 0.25) is 0 Å². The number of nitrogens with zero attached hydrogens (tertiary/aromatic N) is 1. The zero-order valence-corrected chi connectivity index (χ0v) is 13.3. The topological polar surface area (TPSA) is 41.9 Å². The maximum absolute atomic E-state index is 10.9. The summed E-state index contributed by atoms with van der Waals surface area (Å²) >= 11 is 0. The van der Waals surface area contributed by atoms with E-state index in [0.29, 0.717) is 17.7 Å². The van der Waals surface area contributed by atoms with Crippen LogP contribution < -0.4 is 9.47 Å². The van der Waals surface area contributed by atoms with Crippen LogP contribution in [0, 0.1) is 11.8 Å². The zero-order chi connectivity index (χ0) is 26.0. The Balaban J connectivity index is 2.05. The van der Waals surface area contributed by atoms with Crippen molar-refractivity contribution in [2.24, 2.45) is 11.8 Å². The van der Waals surface area contributed by atoms with Crippen molar-refractivity contribution in [3.63, 3.8) is 0 Å². The molecule has 2 heterocycles. The third-order valence-electron chi connectivity index (χ3n) is 4.54. The number of benzene rings is 1. The molecule has 1 saturated heterocycles. The Labute approximate surface area is 154 Å². The lowest BCUT2D eigenvalue weighted by atomic mass is 9.79. The standard InChI is InChI=1S/C19H29NO3/c1-12(2)7-14-11-20-6-5-13-8-18(22-3)19(23-4)9-15(13)16(20)10-17(14)21/h8-9,12,14,16-17,21H,5-7,10-11H2,1-4H3/i1D3,4D3,7D2,8D,9D,12D. The summed E-state index contributed by atoms with van der Waals surface area (Å²) in [5, 5.41) is 10.9. The minimum absolute atomic E-state index is 0.0723. The third kappa shape index (κ3) is 3.20. The van der Waals surface area contributed by atoms with Gasteiger partial charge in [0.05, 0.1) is 27.1 Å². The molecule has 4 unspecified atom stereocenters. The Morgan fingerprint density at radius 3 is 3.09 bits per heavy atom. The van der Waals surface area contributed by atoms with Crippen LogP contribution in [0.3, 0.4) is 0 Å². The molecule has 2 aliphatic rings. The third-order valence-corrected chi connectivity index (χ3v) is 4.54. The number of methoxy groups -OCH3 is 2. The molecule has 3 rings (SSSR count). The van der Waals surface area contributed by atoms with E-state index in [-0.39, 0.29) is 37.2 Å². The van der Waals surface area contributed by atoms with Gasteiger partial charge in [-0.1, -0.05) is 13.8 Å². The van der Waals surface area contributed by atoms with Crippen molar-refractivity contribution < 1.29 is 29.7 Å². The summed E-state index contributed by atoms with van der Waals surface area (Å²) in [6.07, 6.45) is -3.71. The highest BCUT2D eigenvalue weighted by molar-refractivity contribution is 5.49. The van der Waals surface area contributed by atoms with Crippen LogP contribution in [0.1, 0.15) is 58.8 Å². The molecule has 0 bridgehead atoms. The van der Waals surface area contributed by atoms with Crippen LogP contribution in [0.25, 0.3) is 0 Å². The molecule has 0 aliphatic carbocycles. The second-order valence-corrected chi connectivity index (χ2v) is 6.05. The molecule has 2 aliphatic heterocycles. The molecule has 1 N–H and O–H groups in total. The molecule has 1 aromatic rings. The number of hydrogen-bond donors (Lipinski definition) is 1. The van der Waals surface area contributed by atoms with Gasteiger partial charge in [0, 0.05) is 27.4 Å². The van der Waals surface area contributed by atoms with Crippen LogP contribution in [0.15, 0.2) is 12.1 Å². The lowest BCUT2D eigenvalue weighted by Gasteiger charge is -2.46. The highest BCUT2D eigenvalue weighted by atomic mass is 16.5. The van der Waals surface area contributed by atoms with Gasteiger partial charge in [0.2, 0.25) is 0 Å². The van der Waals surface area contributed by atoms with E-state index in [0.717, 1.165) is 6.92 Å². The van der Waals surface area contributed by atoms with E-state index < -0.39 is 50.0 Å². The summed E-state index contributed by atoms with van der Waals surface area (Å²) < 4.78 is 97.8. The molecule has 0 spiro atoms. The maximum atomic E-state index is 10.9. The van der Waals surface area contributed by atoms with Gasteiger partial charge in [-0.15, -0.1) is 0 Å². The number of fused-ring (bicyclic) bond motifs is 3. The highest BCUT2D eigenvalue weighted by Gasteiger charge is 2.38. The van der Waals surface area contributed by atoms with Crippen LogP contribution in [-0.4, -0.2) is 43.3 Å². The fourth-order valence-electron chi connectivity index (χ4n) is 3.48. The Hall–Kier alpha value is -1.26. The van der Waals surface area contributed by atoms with Crippen LogP contribution in [-0.2, 0) is 6.42 Å². The van der Waals surface area contributed by atoms with Crippen molar-refractivity contribution >= 4 is 0 Å². The van der Waals surface area contributed by atoms with E-state index in [1.54, 1.807) is 4.90 Å². The van der Waals surface area contributed by atoms with Crippen molar-refractivity contribution in [2.45, 2.75) is 45.1 Å². The molecule has 23 heavy (non-hydrogen) atoms. The van der Waals surface area contributed by atoms with E-state index in [2.05, 4.69) is 0 Å². The van der Waals surface area contributed by atoms with E-state index in [9.17, 15) is 5.11 Å². The number of aliphatic hydroxyl groups excluding tert-OH is 1. The van der Waals surface area contributed by atoms with Gasteiger partial charge < -0.3 is 14.6 Å². The first-order valence-electron chi connectivity index (χ1n) is 13.2. The predicted octanol–water partition coefficient (Wildman–Crippen LogP) is 3.03. The van der Waals surface area contributed by atoms with Gasteiger partial charge in [-0.2, -0.15) is 0 Å². The Kier molecular flexibility index (Phi) is 2.26. The number of aliphatic hydroxyl groups is 1. The molecule has 4 nitrogen and oxygen atoms in total. The lowest BCUT2D eigenvalue weighted by molar-refractivity contribution is -0.0191. The van der Waals surface area contributed by atoms with Crippen molar-refractivity contribution in [3.05, 3.63) is 23.2 Å². The minimum atomic E-state index is -2.92. The van der Waals surface area contributed by atoms with E-state index in [1.807, 2.05) is 0 Å². The normalized spacial score (nSPS) is 38.7. The van der Waals surface area contributed by atoms with Gasteiger partial charge >= 0.3 is 0 Å². The lowest BCUT2D eigenvalue weighted by Crippen LogP contribution is -2.48. The van der Waals surface area contributed by atoms with Crippen molar-refractivity contribution in [3.8, 4) is 11.5 Å². The molecule has 128 valence electrons. The molecule has 0 amide bonds. The van der Waals surface area contributed by atoms with Crippen LogP contribution in [0.5, 0.6) is 11.5 Å². The second kappa shape index (κ2) is 6.70. The second-order valence-electron chi connectivity index (χ2n) is 6.05. The van der Waals surface area contributed by atoms with E-state index >= 15 is 0 Å². The average Bonchev–Trinajstić information content (AvgIpc) is 2.68. The molecule has 4 heteroatoms. The first kappa shape index (κ1) is 7.75. The SMILES string of the molecule is [2H]c1c2c(c([2H])c(OC([2H])([2H])[2H])c1OC)C1CC(O)C(C([2H])([2H])C([2H])(C)C([2H])([2H])[2H])CN1CC2. The summed E-state index contributed by atoms with van der Waals surface area (Å²) in [5.74, 6) is -4.23. The summed E-state index contributed by atoms with van der Waals surface area (Å²) in [7, 11) is -1.64. The predicted molar refractivity (Wildman–Crippen MR) is 91.1 cm³/mol. The zero-order valence-electron chi connectivity index (χ0n) is 24.3. The monoisotopic (exact) mass is 330 g/mol. The summed E-state index contributed by atoms with van der Waals surface area (Å²) in [6.45, 7) is -1.65. The first-order valence-corrected chi connectivity index (χ1v) is 7.66. The molecule has 4 atom stereocenters. The van der Waals surface area contributed by atoms with Gasteiger partial charge in [-0.3, -0.25) is 4.90 Å². The number of ether oxygens (including phenoxy) is 2. The van der Waals surface area contributed by atoms with Crippen molar-refractivity contribution in [1.82, 2.24) is 4.90 Å². The Morgan fingerprint density at radius 1 is 1.52 bits per heavy atom. The van der Waals surface area contributed by atoms with E-state index in [1.165, 1.54) is 7.11 Å².